The third-order valence-corrected chi connectivity index (χ3v) is 2.52. The summed E-state index contributed by atoms with van der Waals surface area (Å²) in [5, 5.41) is 0. The minimum atomic E-state index is -0.640. The van der Waals surface area contributed by atoms with Gasteiger partial charge in [-0.1, -0.05) is 6.92 Å². The predicted molar refractivity (Wildman–Crippen MR) is 49.9 cm³/mol. The van der Waals surface area contributed by atoms with Gasteiger partial charge in [0.1, 0.15) is 5.78 Å². The van der Waals surface area contributed by atoms with E-state index < -0.39 is 6.16 Å². The molecule has 0 amide bonds. The van der Waals surface area contributed by atoms with Crippen LogP contribution in [0.15, 0.2) is 0 Å². The molecule has 1 fully saturated rings. The minimum absolute atomic E-state index is 0.173. The number of ether oxygens (including phenoxy) is 2. The molecule has 4 nitrogen and oxygen atoms in total. The molecule has 14 heavy (non-hydrogen) atoms. The third kappa shape index (κ3) is 3.01. The van der Waals surface area contributed by atoms with E-state index in [9.17, 15) is 9.59 Å². The van der Waals surface area contributed by atoms with Crippen LogP contribution in [0.25, 0.3) is 0 Å². The molecule has 2 atom stereocenters. The molecule has 1 rings (SSSR count). The van der Waals surface area contributed by atoms with E-state index in [4.69, 9.17) is 4.74 Å². The summed E-state index contributed by atoms with van der Waals surface area (Å²) in [6, 6.07) is 0. The van der Waals surface area contributed by atoms with Crippen molar-refractivity contribution in [3.63, 3.8) is 0 Å². The largest absolute Gasteiger partial charge is 0.508 e. The zero-order valence-corrected chi connectivity index (χ0v) is 8.62. The molecule has 4 heteroatoms. The Hall–Kier alpha value is -1.06. The lowest BCUT2D eigenvalue weighted by Crippen LogP contribution is -2.16. The minimum Gasteiger partial charge on any atom is -0.435 e. The van der Waals surface area contributed by atoms with Crippen molar-refractivity contribution in [3.05, 3.63) is 0 Å². The first-order valence-corrected chi connectivity index (χ1v) is 4.94. The molecule has 0 radical (unpaired) electrons. The normalized spacial score (nSPS) is 26.3. The molecular weight excluding hydrogens is 184 g/mol. The van der Waals surface area contributed by atoms with Crippen LogP contribution < -0.4 is 0 Å². The highest BCUT2D eigenvalue weighted by atomic mass is 16.7. The Labute approximate surface area is 83.6 Å². The highest BCUT2D eigenvalue weighted by Gasteiger charge is 2.30. The van der Waals surface area contributed by atoms with Gasteiger partial charge in [-0.25, -0.2) is 4.79 Å². The Balaban J connectivity index is 2.24. The second-order valence-corrected chi connectivity index (χ2v) is 3.68. The smallest absolute Gasteiger partial charge is 0.435 e. The summed E-state index contributed by atoms with van der Waals surface area (Å²) >= 11 is 0. The molecule has 0 saturated heterocycles. The second-order valence-electron chi connectivity index (χ2n) is 3.68. The Bertz CT molecular complexity index is 224. The maximum Gasteiger partial charge on any atom is 0.508 e. The summed E-state index contributed by atoms with van der Waals surface area (Å²) in [6.07, 6.45) is 0.497. The number of Topliss-reactive ketones (excluding diaryl/α,β-unsaturated/α-hetero) is 1. The van der Waals surface area contributed by atoms with E-state index in [1.54, 1.807) is 6.92 Å². The van der Waals surface area contributed by atoms with Crippen LogP contribution in [0.1, 0.15) is 26.7 Å². The molecule has 0 heterocycles. The molecule has 1 saturated carbocycles. The van der Waals surface area contributed by atoms with Gasteiger partial charge in [0.25, 0.3) is 0 Å². The summed E-state index contributed by atoms with van der Waals surface area (Å²) in [4.78, 5) is 21.9. The average molecular weight is 200 g/mol. The fourth-order valence-electron chi connectivity index (χ4n) is 1.66. The first kappa shape index (κ1) is 11.0. The van der Waals surface area contributed by atoms with Gasteiger partial charge in [0.2, 0.25) is 0 Å². The van der Waals surface area contributed by atoms with E-state index in [2.05, 4.69) is 4.74 Å². The Morgan fingerprint density at radius 3 is 2.64 bits per heavy atom. The summed E-state index contributed by atoms with van der Waals surface area (Å²) in [5.74, 6) is 0.749. The van der Waals surface area contributed by atoms with Crippen LogP contribution in [0.2, 0.25) is 0 Å². The summed E-state index contributed by atoms with van der Waals surface area (Å²) in [7, 11) is 0. The Kier molecular flexibility index (Phi) is 3.92. The maximum atomic E-state index is 11.1. The molecule has 80 valence electrons. The first-order valence-electron chi connectivity index (χ1n) is 4.94. The fraction of sp³-hybridized carbons (Fsp3) is 0.800. The van der Waals surface area contributed by atoms with Crippen molar-refractivity contribution < 1.29 is 19.1 Å². The highest BCUT2D eigenvalue weighted by molar-refractivity contribution is 5.81. The lowest BCUT2D eigenvalue weighted by atomic mass is 10.00. The van der Waals surface area contributed by atoms with Gasteiger partial charge < -0.3 is 9.47 Å². The van der Waals surface area contributed by atoms with Gasteiger partial charge >= 0.3 is 6.16 Å². The summed E-state index contributed by atoms with van der Waals surface area (Å²) in [6.45, 7) is 4.34. The van der Waals surface area contributed by atoms with Crippen LogP contribution in [-0.2, 0) is 14.3 Å². The lowest BCUT2D eigenvalue weighted by Gasteiger charge is -2.13. The Morgan fingerprint density at radius 2 is 2.14 bits per heavy atom. The van der Waals surface area contributed by atoms with Crippen molar-refractivity contribution in [1.82, 2.24) is 0 Å². The number of rotatable bonds is 3. The van der Waals surface area contributed by atoms with E-state index in [-0.39, 0.29) is 11.7 Å². The molecule has 0 spiro atoms. The van der Waals surface area contributed by atoms with Crippen LogP contribution >= 0.6 is 0 Å². The van der Waals surface area contributed by atoms with Gasteiger partial charge in [0.05, 0.1) is 13.2 Å². The number of carbonyl (C=O) groups is 2. The predicted octanol–water partition coefficient (Wildman–Crippen LogP) is 1.77. The van der Waals surface area contributed by atoms with Crippen LogP contribution in [0.3, 0.4) is 0 Å². The van der Waals surface area contributed by atoms with Crippen molar-refractivity contribution >= 4 is 11.9 Å². The SMILES string of the molecule is CCOC(=O)OC[C@H]1CC(=O)C[C@H]1C. The van der Waals surface area contributed by atoms with Crippen LogP contribution in [0, 0.1) is 11.8 Å². The third-order valence-electron chi connectivity index (χ3n) is 2.52. The van der Waals surface area contributed by atoms with Gasteiger partial charge in [-0.2, -0.15) is 0 Å². The topological polar surface area (TPSA) is 52.6 Å². The van der Waals surface area contributed by atoms with Crippen LogP contribution in [0.5, 0.6) is 0 Å². The van der Waals surface area contributed by atoms with Crippen molar-refractivity contribution in [3.8, 4) is 0 Å². The van der Waals surface area contributed by atoms with E-state index in [0.29, 0.717) is 32.0 Å². The molecule has 1 aliphatic rings. The number of hydrogen-bond acceptors (Lipinski definition) is 4. The molecule has 0 aromatic carbocycles. The van der Waals surface area contributed by atoms with Crippen molar-refractivity contribution in [2.75, 3.05) is 13.2 Å². The zero-order chi connectivity index (χ0) is 10.6. The van der Waals surface area contributed by atoms with Gasteiger partial charge in [-0.15, -0.1) is 0 Å². The number of carbonyl (C=O) groups excluding carboxylic acids is 2. The standard InChI is InChI=1S/C10H16O4/c1-3-13-10(12)14-6-8-5-9(11)4-7(8)2/h7-8H,3-6H2,1-2H3/t7-,8-/m1/s1. The van der Waals surface area contributed by atoms with Gasteiger partial charge in [-0.05, 0) is 12.8 Å². The second kappa shape index (κ2) is 4.98. The molecule has 0 N–H and O–H groups in total. The quantitative estimate of drug-likeness (QED) is 0.651. The van der Waals surface area contributed by atoms with Crippen molar-refractivity contribution in [2.24, 2.45) is 11.8 Å². The molecule has 1 aliphatic carbocycles. The van der Waals surface area contributed by atoms with E-state index in [0.717, 1.165) is 0 Å². The molecule has 0 aromatic rings. The lowest BCUT2D eigenvalue weighted by molar-refractivity contribution is -0.117. The Morgan fingerprint density at radius 1 is 1.43 bits per heavy atom. The fourth-order valence-corrected chi connectivity index (χ4v) is 1.66. The molecule has 0 aromatic heterocycles. The van der Waals surface area contributed by atoms with E-state index >= 15 is 0 Å². The summed E-state index contributed by atoms with van der Waals surface area (Å²) < 4.78 is 9.49. The van der Waals surface area contributed by atoms with Gasteiger partial charge in [-0.3, -0.25) is 4.79 Å². The summed E-state index contributed by atoms with van der Waals surface area (Å²) in [5.41, 5.74) is 0. The van der Waals surface area contributed by atoms with Gasteiger partial charge in [0.15, 0.2) is 0 Å². The molecule has 0 unspecified atom stereocenters. The molecule has 0 bridgehead atoms. The van der Waals surface area contributed by atoms with E-state index in [1.807, 2.05) is 6.92 Å². The first-order chi connectivity index (χ1) is 6.63. The molecular formula is C10H16O4. The van der Waals surface area contributed by atoms with Crippen molar-refractivity contribution in [1.29, 1.82) is 0 Å². The van der Waals surface area contributed by atoms with E-state index in [1.165, 1.54) is 0 Å². The number of hydrogen-bond donors (Lipinski definition) is 0. The average Bonchev–Trinajstić information content (AvgIpc) is 2.42. The van der Waals surface area contributed by atoms with Crippen LogP contribution in [0.4, 0.5) is 4.79 Å². The monoisotopic (exact) mass is 200 g/mol. The molecule has 0 aliphatic heterocycles. The van der Waals surface area contributed by atoms with Crippen molar-refractivity contribution in [2.45, 2.75) is 26.7 Å². The maximum absolute atomic E-state index is 11.1. The number of ketones is 1. The van der Waals surface area contributed by atoms with Gasteiger partial charge in [0, 0.05) is 18.8 Å². The zero-order valence-electron chi connectivity index (χ0n) is 8.62. The highest BCUT2D eigenvalue weighted by Crippen LogP contribution is 2.28. The van der Waals surface area contributed by atoms with Crippen LogP contribution in [-0.4, -0.2) is 25.2 Å².